The molecule has 0 unspecified atom stereocenters. The fourth-order valence-corrected chi connectivity index (χ4v) is 3.76. The van der Waals surface area contributed by atoms with Gasteiger partial charge >= 0.3 is 0 Å². The van der Waals surface area contributed by atoms with Crippen molar-refractivity contribution < 1.29 is 9.59 Å². The highest BCUT2D eigenvalue weighted by molar-refractivity contribution is 7.12. The van der Waals surface area contributed by atoms with Gasteiger partial charge in [-0.3, -0.25) is 9.59 Å². The highest BCUT2D eigenvalue weighted by atomic mass is 32.1. The zero-order chi connectivity index (χ0) is 21.1. The van der Waals surface area contributed by atoms with Crippen molar-refractivity contribution in [2.24, 2.45) is 0 Å². The van der Waals surface area contributed by atoms with Crippen LogP contribution >= 0.6 is 11.3 Å². The Kier molecular flexibility index (Phi) is 5.45. The van der Waals surface area contributed by atoms with Crippen LogP contribution in [0.3, 0.4) is 0 Å². The van der Waals surface area contributed by atoms with E-state index in [1.54, 1.807) is 30.3 Å². The van der Waals surface area contributed by atoms with E-state index in [0.29, 0.717) is 21.8 Å². The molecule has 4 rings (SSSR count). The maximum absolute atomic E-state index is 12.8. The predicted molar refractivity (Wildman–Crippen MR) is 120 cm³/mol. The molecule has 2 aromatic heterocycles. The number of aromatic nitrogens is 2. The number of benzene rings is 2. The molecule has 0 atom stereocenters. The van der Waals surface area contributed by atoms with Gasteiger partial charge in [-0.05, 0) is 67.8 Å². The van der Waals surface area contributed by atoms with Gasteiger partial charge in [0.15, 0.2) is 0 Å². The van der Waals surface area contributed by atoms with Crippen LogP contribution < -0.4 is 10.6 Å². The van der Waals surface area contributed by atoms with Crippen LogP contribution in [0.15, 0.2) is 72.1 Å². The van der Waals surface area contributed by atoms with Crippen molar-refractivity contribution in [3.05, 3.63) is 93.9 Å². The lowest BCUT2D eigenvalue weighted by molar-refractivity contribution is 0.102. The molecule has 2 heterocycles. The van der Waals surface area contributed by atoms with E-state index in [4.69, 9.17) is 0 Å². The van der Waals surface area contributed by atoms with Crippen LogP contribution in [0, 0.1) is 13.8 Å². The molecule has 0 aliphatic rings. The molecule has 0 bridgehead atoms. The maximum Gasteiger partial charge on any atom is 0.265 e. The molecule has 150 valence electrons. The second-order valence-electron chi connectivity index (χ2n) is 6.82. The minimum absolute atomic E-state index is 0.166. The quantitative estimate of drug-likeness (QED) is 0.478. The van der Waals surface area contributed by atoms with Crippen molar-refractivity contribution >= 4 is 34.5 Å². The van der Waals surface area contributed by atoms with E-state index >= 15 is 0 Å². The SMILES string of the molecule is Cc1cc(C)n(-c2ccccc2NC(=O)c2ccc(NC(=O)c3cccs3)cc2)n1. The number of hydrogen-bond acceptors (Lipinski definition) is 4. The highest BCUT2D eigenvalue weighted by Gasteiger charge is 2.13. The first-order chi connectivity index (χ1) is 14.5. The third-order valence-corrected chi connectivity index (χ3v) is 5.41. The summed E-state index contributed by atoms with van der Waals surface area (Å²) in [7, 11) is 0. The Bertz CT molecular complexity index is 1190. The van der Waals surface area contributed by atoms with Gasteiger partial charge in [-0.25, -0.2) is 4.68 Å². The zero-order valence-corrected chi connectivity index (χ0v) is 17.4. The Balaban J connectivity index is 1.50. The predicted octanol–water partition coefficient (Wildman–Crippen LogP) is 5.06. The van der Waals surface area contributed by atoms with E-state index in [9.17, 15) is 9.59 Å². The lowest BCUT2D eigenvalue weighted by Gasteiger charge is -2.13. The van der Waals surface area contributed by atoms with Gasteiger partial charge in [0.2, 0.25) is 0 Å². The van der Waals surface area contributed by atoms with Gasteiger partial charge in [0, 0.05) is 16.9 Å². The summed E-state index contributed by atoms with van der Waals surface area (Å²) in [6.45, 7) is 3.91. The molecule has 0 saturated heterocycles. The van der Waals surface area contributed by atoms with E-state index in [1.165, 1.54) is 11.3 Å². The Morgan fingerprint density at radius 3 is 2.33 bits per heavy atom. The van der Waals surface area contributed by atoms with Crippen molar-refractivity contribution in [1.29, 1.82) is 0 Å². The van der Waals surface area contributed by atoms with Gasteiger partial charge in [-0.1, -0.05) is 18.2 Å². The Morgan fingerprint density at radius 1 is 0.900 bits per heavy atom. The molecule has 2 amide bonds. The average molecular weight is 417 g/mol. The summed E-state index contributed by atoms with van der Waals surface area (Å²) in [4.78, 5) is 25.6. The summed E-state index contributed by atoms with van der Waals surface area (Å²) in [6.07, 6.45) is 0. The minimum atomic E-state index is -0.236. The molecule has 0 radical (unpaired) electrons. The number of amides is 2. The second-order valence-corrected chi connectivity index (χ2v) is 7.77. The Labute approximate surface area is 178 Å². The van der Waals surface area contributed by atoms with E-state index in [-0.39, 0.29) is 11.8 Å². The van der Waals surface area contributed by atoms with Crippen LogP contribution in [0.4, 0.5) is 11.4 Å². The van der Waals surface area contributed by atoms with E-state index in [1.807, 2.05) is 60.3 Å². The van der Waals surface area contributed by atoms with Crippen molar-refractivity contribution in [1.82, 2.24) is 9.78 Å². The molecular formula is C23H20N4O2S. The Morgan fingerprint density at radius 2 is 1.67 bits per heavy atom. The lowest BCUT2D eigenvalue weighted by atomic mass is 10.1. The first-order valence-corrected chi connectivity index (χ1v) is 10.3. The number of anilines is 2. The normalized spacial score (nSPS) is 10.6. The maximum atomic E-state index is 12.8. The zero-order valence-electron chi connectivity index (χ0n) is 16.5. The van der Waals surface area contributed by atoms with Crippen molar-refractivity contribution in [2.45, 2.75) is 13.8 Å². The molecule has 0 aliphatic heterocycles. The van der Waals surface area contributed by atoms with Gasteiger partial charge < -0.3 is 10.6 Å². The molecule has 0 fully saturated rings. The molecule has 0 spiro atoms. The molecule has 4 aromatic rings. The summed E-state index contributed by atoms with van der Waals surface area (Å²) in [5.41, 5.74) is 4.49. The van der Waals surface area contributed by atoms with Gasteiger partial charge in [0.05, 0.1) is 21.9 Å². The molecule has 30 heavy (non-hydrogen) atoms. The van der Waals surface area contributed by atoms with E-state index in [0.717, 1.165) is 17.1 Å². The van der Waals surface area contributed by atoms with Crippen molar-refractivity contribution in [3.63, 3.8) is 0 Å². The minimum Gasteiger partial charge on any atom is -0.321 e. The van der Waals surface area contributed by atoms with Crippen LogP contribution in [0.1, 0.15) is 31.4 Å². The highest BCUT2D eigenvalue weighted by Crippen LogP contribution is 2.23. The smallest absolute Gasteiger partial charge is 0.265 e. The van der Waals surface area contributed by atoms with Gasteiger partial charge in [-0.2, -0.15) is 5.10 Å². The summed E-state index contributed by atoms with van der Waals surface area (Å²) >= 11 is 1.38. The van der Waals surface area contributed by atoms with Crippen molar-refractivity contribution in [2.75, 3.05) is 10.6 Å². The molecule has 2 aromatic carbocycles. The number of nitrogens with zero attached hydrogens (tertiary/aromatic N) is 2. The average Bonchev–Trinajstić information content (AvgIpc) is 3.38. The first-order valence-electron chi connectivity index (χ1n) is 9.40. The van der Waals surface area contributed by atoms with Gasteiger partial charge in [0.25, 0.3) is 11.8 Å². The number of carbonyl (C=O) groups is 2. The third kappa shape index (κ3) is 4.16. The van der Waals surface area contributed by atoms with Crippen LogP contribution in [0.25, 0.3) is 5.69 Å². The summed E-state index contributed by atoms with van der Waals surface area (Å²) in [5.74, 6) is -0.402. The monoisotopic (exact) mass is 416 g/mol. The van der Waals surface area contributed by atoms with Gasteiger partial charge in [0.1, 0.15) is 0 Å². The molecule has 0 saturated carbocycles. The lowest BCUT2D eigenvalue weighted by Crippen LogP contribution is -2.15. The molecule has 7 heteroatoms. The fraction of sp³-hybridized carbons (Fsp3) is 0.0870. The topological polar surface area (TPSA) is 76.0 Å². The summed E-state index contributed by atoms with van der Waals surface area (Å²) in [5, 5.41) is 12.1. The number of rotatable bonds is 5. The molecule has 0 aliphatic carbocycles. The standard InChI is InChI=1S/C23H20N4O2S/c1-15-14-16(2)27(26-15)20-7-4-3-6-19(20)25-22(28)17-9-11-18(12-10-17)24-23(29)21-8-5-13-30-21/h3-14H,1-2H3,(H,24,29)(H,25,28). The van der Waals surface area contributed by atoms with Crippen molar-refractivity contribution in [3.8, 4) is 5.69 Å². The van der Waals surface area contributed by atoms with Gasteiger partial charge in [-0.15, -0.1) is 11.3 Å². The van der Waals surface area contributed by atoms with E-state index < -0.39 is 0 Å². The largest absolute Gasteiger partial charge is 0.321 e. The third-order valence-electron chi connectivity index (χ3n) is 4.54. The number of aryl methyl sites for hydroxylation is 2. The number of hydrogen-bond donors (Lipinski definition) is 2. The molecule has 2 N–H and O–H groups in total. The number of carbonyl (C=O) groups excluding carboxylic acids is 2. The fourth-order valence-electron chi connectivity index (χ4n) is 3.14. The summed E-state index contributed by atoms with van der Waals surface area (Å²) in [6, 6.07) is 19.9. The van der Waals surface area contributed by atoms with Crippen LogP contribution in [0.5, 0.6) is 0 Å². The number of thiophene rings is 1. The Hall–Kier alpha value is -3.71. The molecule has 6 nitrogen and oxygen atoms in total. The van der Waals surface area contributed by atoms with Crippen LogP contribution in [0.2, 0.25) is 0 Å². The molecular weight excluding hydrogens is 396 g/mol. The number of nitrogens with one attached hydrogen (secondary N) is 2. The number of para-hydroxylation sites is 2. The second kappa shape index (κ2) is 8.34. The van der Waals surface area contributed by atoms with Crippen LogP contribution in [-0.4, -0.2) is 21.6 Å². The van der Waals surface area contributed by atoms with E-state index in [2.05, 4.69) is 15.7 Å². The first kappa shape index (κ1) is 19.6. The summed E-state index contributed by atoms with van der Waals surface area (Å²) < 4.78 is 1.81. The van der Waals surface area contributed by atoms with Crippen LogP contribution in [-0.2, 0) is 0 Å².